The number of hydrogen-bond donors (Lipinski definition) is 1. The first kappa shape index (κ1) is 6.96. The fraction of sp³-hybridized carbons (Fsp3) is 0.167. The van der Waals surface area contributed by atoms with Crippen LogP contribution in [0.1, 0.15) is 0 Å². The molecule has 0 spiro atoms. The number of aromatic amines is 1. The number of rotatable bonds is 0. The molecule has 0 amide bonds. The largest absolute Gasteiger partial charge is 0.318 e. The average molecular weight is 168 g/mol. The van der Waals surface area contributed by atoms with Crippen LogP contribution >= 0.6 is 0 Å². The van der Waals surface area contributed by atoms with Crippen LogP contribution in [0.2, 0.25) is 0 Å². The smallest absolute Gasteiger partial charge is 0.291 e. The SMILES string of the molecule is Cn1cnc2c(=O)[nH]c(F)nc21. The van der Waals surface area contributed by atoms with Gasteiger partial charge < -0.3 is 4.57 Å². The van der Waals surface area contributed by atoms with E-state index < -0.39 is 11.6 Å². The van der Waals surface area contributed by atoms with Crippen molar-refractivity contribution in [3.8, 4) is 0 Å². The van der Waals surface area contributed by atoms with Gasteiger partial charge in [0, 0.05) is 7.05 Å². The van der Waals surface area contributed by atoms with Gasteiger partial charge in [-0.25, -0.2) is 4.98 Å². The van der Waals surface area contributed by atoms with Crippen LogP contribution in [0.3, 0.4) is 0 Å². The zero-order chi connectivity index (χ0) is 8.72. The zero-order valence-electron chi connectivity index (χ0n) is 6.21. The van der Waals surface area contributed by atoms with Crippen LogP contribution in [-0.2, 0) is 7.05 Å². The summed E-state index contributed by atoms with van der Waals surface area (Å²) in [7, 11) is 1.64. The van der Waals surface area contributed by atoms with Gasteiger partial charge in [-0.3, -0.25) is 9.78 Å². The number of nitrogens with one attached hydrogen (secondary N) is 1. The van der Waals surface area contributed by atoms with E-state index in [0.29, 0.717) is 0 Å². The lowest BCUT2D eigenvalue weighted by Gasteiger charge is -1.91. The van der Waals surface area contributed by atoms with Crippen LogP contribution < -0.4 is 5.56 Å². The molecule has 0 aliphatic carbocycles. The summed E-state index contributed by atoms with van der Waals surface area (Å²) in [5.74, 6) is 0. The van der Waals surface area contributed by atoms with E-state index in [0.717, 1.165) is 0 Å². The maximum atomic E-state index is 12.5. The maximum Gasteiger partial charge on any atom is 0.291 e. The molecule has 12 heavy (non-hydrogen) atoms. The van der Waals surface area contributed by atoms with E-state index in [4.69, 9.17) is 0 Å². The Morgan fingerprint density at radius 3 is 3.17 bits per heavy atom. The standard InChI is InChI=1S/C6H5FN4O/c1-11-2-8-3-4(11)9-6(7)10-5(3)12/h2H,1H3,(H,9,10,12). The molecule has 5 nitrogen and oxygen atoms in total. The summed E-state index contributed by atoms with van der Waals surface area (Å²) in [6.45, 7) is 0. The summed E-state index contributed by atoms with van der Waals surface area (Å²) in [6, 6.07) is 0. The zero-order valence-corrected chi connectivity index (χ0v) is 6.21. The second-order valence-electron chi connectivity index (χ2n) is 2.38. The van der Waals surface area contributed by atoms with Crippen molar-refractivity contribution in [2.24, 2.45) is 7.05 Å². The number of halogens is 1. The number of aryl methyl sites for hydroxylation is 1. The van der Waals surface area contributed by atoms with Crippen molar-refractivity contribution < 1.29 is 4.39 Å². The normalized spacial score (nSPS) is 10.8. The minimum Gasteiger partial charge on any atom is -0.318 e. The van der Waals surface area contributed by atoms with E-state index in [-0.39, 0.29) is 11.2 Å². The molecule has 0 atom stereocenters. The number of aromatic nitrogens is 4. The van der Waals surface area contributed by atoms with Gasteiger partial charge in [-0.15, -0.1) is 0 Å². The van der Waals surface area contributed by atoms with E-state index in [1.807, 2.05) is 4.98 Å². The molecule has 0 saturated heterocycles. The molecule has 0 unspecified atom stereocenters. The fourth-order valence-corrected chi connectivity index (χ4v) is 0.990. The summed E-state index contributed by atoms with van der Waals surface area (Å²) in [5, 5.41) is 0. The molecule has 0 saturated carbocycles. The third-order valence-electron chi connectivity index (χ3n) is 1.54. The van der Waals surface area contributed by atoms with E-state index in [2.05, 4.69) is 9.97 Å². The Bertz CT molecular complexity index is 486. The molecule has 0 aliphatic heterocycles. The van der Waals surface area contributed by atoms with Gasteiger partial charge in [-0.05, 0) is 0 Å². The van der Waals surface area contributed by atoms with Crippen molar-refractivity contribution in [1.29, 1.82) is 0 Å². The lowest BCUT2D eigenvalue weighted by atomic mass is 10.5. The minimum absolute atomic E-state index is 0.152. The summed E-state index contributed by atoms with van der Waals surface area (Å²) in [6.07, 6.45) is 0.517. The highest BCUT2D eigenvalue weighted by Gasteiger charge is 2.06. The highest BCUT2D eigenvalue weighted by Crippen LogP contribution is 2.01. The number of nitrogens with zero attached hydrogens (tertiary/aromatic N) is 3. The third kappa shape index (κ3) is 0.810. The predicted molar refractivity (Wildman–Crippen MR) is 39.1 cm³/mol. The third-order valence-corrected chi connectivity index (χ3v) is 1.54. The molecular formula is C6H5FN4O. The predicted octanol–water partition coefficient (Wildman–Crippen LogP) is -0.204. The highest BCUT2D eigenvalue weighted by atomic mass is 19.1. The number of H-pyrrole nitrogens is 1. The molecule has 2 aromatic heterocycles. The van der Waals surface area contributed by atoms with Gasteiger partial charge in [0.2, 0.25) is 0 Å². The number of fused-ring (bicyclic) bond motifs is 1. The monoisotopic (exact) mass is 168 g/mol. The molecule has 62 valence electrons. The van der Waals surface area contributed by atoms with Crippen LogP contribution in [-0.4, -0.2) is 19.5 Å². The van der Waals surface area contributed by atoms with Gasteiger partial charge in [0.1, 0.15) is 0 Å². The number of imidazole rings is 1. The molecule has 0 fully saturated rings. The molecule has 0 aromatic carbocycles. The van der Waals surface area contributed by atoms with Gasteiger partial charge >= 0.3 is 0 Å². The van der Waals surface area contributed by atoms with Crippen molar-refractivity contribution >= 4 is 11.2 Å². The van der Waals surface area contributed by atoms with Crippen LogP contribution in [0.5, 0.6) is 0 Å². The molecule has 6 heteroatoms. The first-order valence-electron chi connectivity index (χ1n) is 3.25. The Labute approximate surface area is 65.9 Å². The summed E-state index contributed by atoms with van der Waals surface area (Å²) in [5.41, 5.74) is -0.159. The summed E-state index contributed by atoms with van der Waals surface area (Å²) < 4.78 is 14.0. The summed E-state index contributed by atoms with van der Waals surface area (Å²) in [4.78, 5) is 20.1. The van der Waals surface area contributed by atoms with Crippen LogP contribution in [0, 0.1) is 6.08 Å². The van der Waals surface area contributed by atoms with Crippen LogP contribution in [0.25, 0.3) is 11.2 Å². The molecule has 2 rings (SSSR count). The Morgan fingerprint density at radius 2 is 2.42 bits per heavy atom. The van der Waals surface area contributed by atoms with Gasteiger partial charge in [0.05, 0.1) is 6.33 Å². The van der Waals surface area contributed by atoms with Gasteiger partial charge in [-0.1, -0.05) is 0 Å². The fourth-order valence-electron chi connectivity index (χ4n) is 0.990. The van der Waals surface area contributed by atoms with E-state index in [1.165, 1.54) is 10.9 Å². The van der Waals surface area contributed by atoms with Crippen molar-refractivity contribution in [3.05, 3.63) is 22.8 Å². The first-order chi connectivity index (χ1) is 5.68. The Hall–Kier alpha value is -1.72. The van der Waals surface area contributed by atoms with Crippen molar-refractivity contribution in [2.75, 3.05) is 0 Å². The van der Waals surface area contributed by atoms with E-state index in [9.17, 15) is 9.18 Å². The molecular weight excluding hydrogens is 163 g/mol. The second-order valence-corrected chi connectivity index (χ2v) is 2.38. The minimum atomic E-state index is -0.892. The molecule has 0 aliphatic rings. The molecule has 0 radical (unpaired) electrons. The van der Waals surface area contributed by atoms with Crippen molar-refractivity contribution in [1.82, 2.24) is 19.5 Å². The number of hydrogen-bond acceptors (Lipinski definition) is 3. The summed E-state index contributed by atoms with van der Waals surface area (Å²) >= 11 is 0. The lowest BCUT2D eigenvalue weighted by Crippen LogP contribution is -2.10. The van der Waals surface area contributed by atoms with Gasteiger partial charge in [-0.2, -0.15) is 9.37 Å². The first-order valence-corrected chi connectivity index (χ1v) is 3.25. The highest BCUT2D eigenvalue weighted by molar-refractivity contribution is 5.68. The van der Waals surface area contributed by atoms with Crippen LogP contribution in [0.4, 0.5) is 4.39 Å². The van der Waals surface area contributed by atoms with Crippen LogP contribution in [0.15, 0.2) is 11.1 Å². The van der Waals surface area contributed by atoms with Crippen molar-refractivity contribution in [3.63, 3.8) is 0 Å². The molecule has 1 N–H and O–H groups in total. The molecule has 2 aromatic rings. The lowest BCUT2D eigenvalue weighted by molar-refractivity contribution is 0.538. The Kier molecular flexibility index (Phi) is 1.24. The molecule has 0 bridgehead atoms. The average Bonchev–Trinajstić information content (AvgIpc) is 2.33. The molecule has 2 heterocycles. The van der Waals surface area contributed by atoms with E-state index >= 15 is 0 Å². The second kappa shape index (κ2) is 2.13. The van der Waals surface area contributed by atoms with Gasteiger partial charge in [0.25, 0.3) is 11.6 Å². The Balaban J connectivity index is 3.03. The van der Waals surface area contributed by atoms with Crippen molar-refractivity contribution in [2.45, 2.75) is 0 Å². The quantitative estimate of drug-likeness (QED) is 0.554. The van der Waals surface area contributed by atoms with E-state index in [1.54, 1.807) is 7.05 Å². The van der Waals surface area contributed by atoms with Gasteiger partial charge in [0.15, 0.2) is 11.2 Å². The topological polar surface area (TPSA) is 63.6 Å². The Morgan fingerprint density at radius 1 is 1.67 bits per heavy atom. The maximum absolute atomic E-state index is 12.5.